The molecule has 0 aliphatic rings. The first-order valence-corrected chi connectivity index (χ1v) is 5.65. The number of esters is 1. The fraction of sp³-hybridized carbons (Fsp3) is 0.231. The molecule has 1 aromatic heterocycles. The second-order valence-electron chi connectivity index (χ2n) is 3.95. The Kier molecular flexibility index (Phi) is 3.70. The smallest absolute Gasteiger partial charge is 0.310 e. The summed E-state index contributed by atoms with van der Waals surface area (Å²) >= 11 is 0. The molecule has 0 bridgehead atoms. The molecule has 2 rings (SSSR count). The molecule has 0 saturated carbocycles. The fourth-order valence-corrected chi connectivity index (χ4v) is 1.63. The van der Waals surface area contributed by atoms with Crippen molar-refractivity contribution in [1.29, 1.82) is 0 Å². The van der Waals surface area contributed by atoms with Gasteiger partial charge in [-0.05, 0) is 12.1 Å². The average molecular weight is 263 g/mol. The summed E-state index contributed by atoms with van der Waals surface area (Å²) in [5, 5.41) is 12.4. The van der Waals surface area contributed by atoms with Crippen molar-refractivity contribution < 1.29 is 23.8 Å². The van der Waals surface area contributed by atoms with Crippen LogP contribution in [0, 0.1) is 0 Å². The summed E-state index contributed by atoms with van der Waals surface area (Å²) in [7, 11) is 1.46. The summed E-state index contributed by atoms with van der Waals surface area (Å²) in [6.07, 6.45) is 1.44. The normalized spacial score (nSPS) is 10.4. The number of carbonyl (C=O) groups excluding carboxylic acids is 2. The van der Waals surface area contributed by atoms with E-state index in [1.165, 1.54) is 25.4 Å². The Labute approximate surface area is 109 Å². The molecule has 19 heavy (non-hydrogen) atoms. The number of phenols is 1. The minimum atomic E-state index is -0.514. The van der Waals surface area contributed by atoms with Gasteiger partial charge in [0.05, 0.1) is 12.7 Å². The minimum Gasteiger partial charge on any atom is -0.508 e. The van der Waals surface area contributed by atoms with E-state index < -0.39 is 5.97 Å². The number of rotatable bonds is 4. The molecule has 1 heterocycles. The zero-order chi connectivity index (χ0) is 13.8. The number of carbonyl (C=O) groups is 2. The molecular formula is C13H13NO5. The summed E-state index contributed by atoms with van der Waals surface area (Å²) in [6, 6.07) is 4.64. The second kappa shape index (κ2) is 5.43. The Hall–Kier alpha value is -2.50. The number of fused-ring (bicyclic) bond motifs is 1. The molecule has 0 aliphatic carbocycles. The van der Waals surface area contributed by atoms with Gasteiger partial charge in [-0.15, -0.1) is 0 Å². The van der Waals surface area contributed by atoms with E-state index >= 15 is 0 Å². The number of likely N-dealkylation sites (N-methyl/N-ethyl adjacent to an activating group) is 1. The van der Waals surface area contributed by atoms with Crippen LogP contribution in [0.25, 0.3) is 11.0 Å². The van der Waals surface area contributed by atoms with Gasteiger partial charge in [-0.2, -0.15) is 0 Å². The molecule has 0 spiro atoms. The highest BCUT2D eigenvalue weighted by Gasteiger charge is 2.12. The zero-order valence-corrected chi connectivity index (χ0v) is 10.3. The van der Waals surface area contributed by atoms with Gasteiger partial charge in [0, 0.05) is 24.1 Å². The lowest BCUT2D eigenvalue weighted by Crippen LogP contribution is -2.25. The molecule has 100 valence electrons. The molecule has 0 saturated heterocycles. The number of hydrogen-bond donors (Lipinski definition) is 2. The highest BCUT2D eigenvalue weighted by molar-refractivity contribution is 5.87. The van der Waals surface area contributed by atoms with Crippen molar-refractivity contribution in [2.24, 2.45) is 0 Å². The van der Waals surface area contributed by atoms with Crippen LogP contribution in [0.1, 0.15) is 5.56 Å². The van der Waals surface area contributed by atoms with E-state index in [0.29, 0.717) is 11.1 Å². The van der Waals surface area contributed by atoms with E-state index in [4.69, 9.17) is 9.15 Å². The third-order valence-corrected chi connectivity index (χ3v) is 2.62. The molecular weight excluding hydrogens is 250 g/mol. The Balaban J connectivity index is 2.05. The first-order valence-electron chi connectivity index (χ1n) is 5.65. The first kappa shape index (κ1) is 12.9. The van der Waals surface area contributed by atoms with Crippen LogP contribution in [0.3, 0.4) is 0 Å². The van der Waals surface area contributed by atoms with Crippen LogP contribution in [0.15, 0.2) is 28.9 Å². The predicted octanol–water partition coefficient (Wildman–Crippen LogP) is 0.970. The molecule has 1 aromatic carbocycles. The number of phenolic OH excluding ortho intramolecular Hbond substituents is 1. The Morgan fingerprint density at radius 3 is 2.95 bits per heavy atom. The largest absolute Gasteiger partial charge is 0.508 e. The number of aromatic hydroxyl groups is 1. The van der Waals surface area contributed by atoms with Crippen molar-refractivity contribution >= 4 is 22.8 Å². The van der Waals surface area contributed by atoms with Gasteiger partial charge in [-0.25, -0.2) is 0 Å². The molecule has 6 heteroatoms. The Morgan fingerprint density at radius 1 is 1.42 bits per heavy atom. The maximum absolute atomic E-state index is 11.5. The summed E-state index contributed by atoms with van der Waals surface area (Å²) < 4.78 is 10.0. The Bertz CT molecular complexity index is 617. The van der Waals surface area contributed by atoms with E-state index in [0.717, 1.165) is 5.39 Å². The highest BCUT2D eigenvalue weighted by Crippen LogP contribution is 2.25. The summed E-state index contributed by atoms with van der Waals surface area (Å²) in [5.41, 5.74) is 1.14. The number of hydrogen-bond acceptors (Lipinski definition) is 5. The van der Waals surface area contributed by atoms with Crippen molar-refractivity contribution in [3.63, 3.8) is 0 Å². The third kappa shape index (κ3) is 3.04. The molecule has 0 radical (unpaired) electrons. The molecule has 0 aliphatic heterocycles. The van der Waals surface area contributed by atoms with Crippen LogP contribution in [0.4, 0.5) is 0 Å². The molecule has 2 N–H and O–H groups in total. The van der Waals surface area contributed by atoms with Gasteiger partial charge < -0.3 is 19.6 Å². The molecule has 1 amide bonds. The summed E-state index contributed by atoms with van der Waals surface area (Å²) in [5.74, 6) is -0.787. The van der Waals surface area contributed by atoms with Crippen molar-refractivity contribution in [1.82, 2.24) is 5.32 Å². The number of benzene rings is 1. The van der Waals surface area contributed by atoms with Gasteiger partial charge in [0.15, 0.2) is 6.61 Å². The van der Waals surface area contributed by atoms with Gasteiger partial charge in [0.1, 0.15) is 11.3 Å². The van der Waals surface area contributed by atoms with E-state index in [2.05, 4.69) is 5.32 Å². The fourth-order valence-electron chi connectivity index (χ4n) is 1.63. The van der Waals surface area contributed by atoms with Gasteiger partial charge >= 0.3 is 5.97 Å². The lowest BCUT2D eigenvalue weighted by molar-refractivity contribution is -0.147. The van der Waals surface area contributed by atoms with E-state index in [-0.39, 0.29) is 24.7 Å². The van der Waals surface area contributed by atoms with Crippen LogP contribution >= 0.6 is 0 Å². The van der Waals surface area contributed by atoms with Gasteiger partial charge in [-0.1, -0.05) is 0 Å². The molecule has 0 atom stereocenters. The predicted molar refractivity (Wildman–Crippen MR) is 66.6 cm³/mol. The van der Waals surface area contributed by atoms with Crippen molar-refractivity contribution in [2.45, 2.75) is 6.42 Å². The highest BCUT2D eigenvalue weighted by atomic mass is 16.5. The maximum atomic E-state index is 11.5. The van der Waals surface area contributed by atoms with Crippen LogP contribution < -0.4 is 5.32 Å². The van der Waals surface area contributed by atoms with Gasteiger partial charge in [-0.3, -0.25) is 9.59 Å². The quantitative estimate of drug-likeness (QED) is 0.802. The SMILES string of the molecule is CNC(=O)COC(=O)Cc1coc2cc(O)ccc12. The molecule has 6 nitrogen and oxygen atoms in total. The number of amides is 1. The van der Waals surface area contributed by atoms with Crippen molar-refractivity contribution in [3.8, 4) is 5.75 Å². The maximum Gasteiger partial charge on any atom is 0.310 e. The standard InChI is InChI=1S/C13H13NO5/c1-14-12(16)7-19-13(17)4-8-6-18-11-5-9(15)2-3-10(8)11/h2-3,5-6,15H,4,7H2,1H3,(H,14,16). The number of nitrogens with one attached hydrogen (secondary N) is 1. The van der Waals surface area contributed by atoms with Crippen molar-refractivity contribution in [3.05, 3.63) is 30.0 Å². The Morgan fingerprint density at radius 2 is 2.21 bits per heavy atom. The summed E-state index contributed by atoms with van der Waals surface area (Å²) in [6.45, 7) is -0.300. The summed E-state index contributed by atoms with van der Waals surface area (Å²) in [4.78, 5) is 22.5. The molecule has 0 fully saturated rings. The topological polar surface area (TPSA) is 88.8 Å². The monoisotopic (exact) mass is 263 g/mol. The van der Waals surface area contributed by atoms with E-state index in [1.807, 2.05) is 0 Å². The second-order valence-corrected chi connectivity index (χ2v) is 3.95. The van der Waals surface area contributed by atoms with Crippen LogP contribution in [0.5, 0.6) is 5.75 Å². The van der Waals surface area contributed by atoms with E-state index in [1.54, 1.807) is 6.07 Å². The van der Waals surface area contributed by atoms with E-state index in [9.17, 15) is 14.7 Å². The molecule has 2 aromatic rings. The number of furan rings is 1. The van der Waals surface area contributed by atoms with Gasteiger partial charge in [0.2, 0.25) is 0 Å². The van der Waals surface area contributed by atoms with Gasteiger partial charge in [0.25, 0.3) is 5.91 Å². The minimum absolute atomic E-state index is 0.00870. The van der Waals surface area contributed by atoms with Crippen molar-refractivity contribution in [2.75, 3.05) is 13.7 Å². The van der Waals surface area contributed by atoms with Crippen LogP contribution in [0.2, 0.25) is 0 Å². The zero-order valence-electron chi connectivity index (χ0n) is 10.3. The lowest BCUT2D eigenvalue weighted by atomic mass is 10.1. The first-order chi connectivity index (χ1) is 9.10. The van der Waals surface area contributed by atoms with Crippen LogP contribution in [-0.4, -0.2) is 30.6 Å². The average Bonchev–Trinajstić information content (AvgIpc) is 2.78. The third-order valence-electron chi connectivity index (χ3n) is 2.62. The lowest BCUT2D eigenvalue weighted by Gasteiger charge is -2.02. The molecule has 0 unspecified atom stereocenters. The number of ether oxygens (including phenoxy) is 1. The van der Waals surface area contributed by atoms with Crippen LogP contribution in [-0.2, 0) is 20.7 Å².